The molecule has 0 radical (unpaired) electrons. The highest BCUT2D eigenvalue weighted by Gasteiger charge is 2.15. The van der Waals surface area contributed by atoms with Gasteiger partial charge in [0.2, 0.25) is 0 Å². The van der Waals surface area contributed by atoms with Gasteiger partial charge in [-0.3, -0.25) is 9.59 Å². The lowest BCUT2D eigenvalue weighted by Gasteiger charge is -2.09. The van der Waals surface area contributed by atoms with Gasteiger partial charge in [0, 0.05) is 15.8 Å². The summed E-state index contributed by atoms with van der Waals surface area (Å²) in [7, 11) is 0. The first-order valence-corrected chi connectivity index (χ1v) is 7.20. The molecule has 2 rings (SSSR count). The fourth-order valence-corrected chi connectivity index (χ4v) is 2.04. The van der Waals surface area contributed by atoms with Crippen LogP contribution in [0.5, 0.6) is 0 Å². The molecule has 2 amide bonds. The van der Waals surface area contributed by atoms with E-state index in [0.29, 0.717) is 11.4 Å². The third-order valence-corrected chi connectivity index (χ3v) is 3.48. The highest BCUT2D eigenvalue weighted by molar-refractivity contribution is 9.10. The highest BCUT2D eigenvalue weighted by atomic mass is 79.9. The van der Waals surface area contributed by atoms with E-state index in [4.69, 9.17) is 0 Å². The molecular formula is C16H15BrN2O2. The minimum atomic E-state index is -0.696. The van der Waals surface area contributed by atoms with Crippen molar-refractivity contribution in [3.05, 3.63) is 58.1 Å². The standard InChI is InChI=1S/C16H15BrN2O2/c1-10-3-4-11(2)14(9-10)19-16(21)15(20)18-13-7-5-12(17)6-8-13/h3-9H,1-2H3,(H,18,20)(H,19,21). The van der Waals surface area contributed by atoms with Crippen molar-refractivity contribution in [2.24, 2.45) is 0 Å². The molecule has 0 fully saturated rings. The van der Waals surface area contributed by atoms with Gasteiger partial charge in [-0.1, -0.05) is 28.1 Å². The average Bonchev–Trinajstić information content (AvgIpc) is 2.45. The molecule has 0 aromatic heterocycles. The summed E-state index contributed by atoms with van der Waals surface area (Å²) < 4.78 is 0.903. The van der Waals surface area contributed by atoms with Gasteiger partial charge in [0.15, 0.2) is 0 Å². The molecule has 0 aliphatic carbocycles. The van der Waals surface area contributed by atoms with Crippen LogP contribution in [0.4, 0.5) is 11.4 Å². The summed E-state index contributed by atoms with van der Waals surface area (Å²) in [5.41, 5.74) is 3.14. The quantitative estimate of drug-likeness (QED) is 0.815. The summed E-state index contributed by atoms with van der Waals surface area (Å²) in [6, 6.07) is 12.7. The van der Waals surface area contributed by atoms with Crippen LogP contribution in [-0.4, -0.2) is 11.8 Å². The maximum atomic E-state index is 11.9. The predicted octanol–water partition coefficient (Wildman–Crippen LogP) is 3.64. The molecule has 0 heterocycles. The summed E-state index contributed by atoms with van der Waals surface area (Å²) in [5, 5.41) is 5.17. The summed E-state index contributed by atoms with van der Waals surface area (Å²) in [6.45, 7) is 3.80. The first-order chi connectivity index (χ1) is 9.95. The number of carbonyl (C=O) groups is 2. The van der Waals surface area contributed by atoms with Crippen molar-refractivity contribution in [3.8, 4) is 0 Å². The minimum absolute atomic E-state index is 0.569. The Morgan fingerprint density at radius 3 is 2.19 bits per heavy atom. The predicted molar refractivity (Wildman–Crippen MR) is 87.3 cm³/mol. The van der Waals surface area contributed by atoms with Crippen molar-refractivity contribution in [2.75, 3.05) is 10.6 Å². The molecule has 2 N–H and O–H groups in total. The number of carbonyl (C=O) groups excluding carboxylic acids is 2. The van der Waals surface area contributed by atoms with Gasteiger partial charge < -0.3 is 10.6 Å². The molecule has 108 valence electrons. The Bertz CT molecular complexity index is 681. The fraction of sp³-hybridized carbons (Fsp3) is 0.125. The van der Waals surface area contributed by atoms with Crippen molar-refractivity contribution in [1.29, 1.82) is 0 Å². The van der Waals surface area contributed by atoms with Gasteiger partial charge in [-0.25, -0.2) is 0 Å². The lowest BCUT2D eigenvalue weighted by atomic mass is 10.1. The first kappa shape index (κ1) is 15.3. The number of hydrogen-bond donors (Lipinski definition) is 2. The van der Waals surface area contributed by atoms with Gasteiger partial charge in [-0.2, -0.15) is 0 Å². The van der Waals surface area contributed by atoms with Crippen molar-refractivity contribution < 1.29 is 9.59 Å². The summed E-state index contributed by atoms with van der Waals surface area (Å²) in [6.07, 6.45) is 0. The van der Waals surface area contributed by atoms with Crippen LogP contribution >= 0.6 is 15.9 Å². The number of nitrogens with one attached hydrogen (secondary N) is 2. The average molecular weight is 347 g/mol. The molecule has 0 saturated heterocycles. The number of rotatable bonds is 2. The molecule has 0 saturated carbocycles. The fourth-order valence-electron chi connectivity index (χ4n) is 1.77. The van der Waals surface area contributed by atoms with Crippen LogP contribution in [0.3, 0.4) is 0 Å². The molecule has 0 bridgehead atoms. The molecule has 0 aliphatic rings. The third kappa shape index (κ3) is 4.16. The Kier molecular flexibility index (Phi) is 4.75. The van der Waals surface area contributed by atoms with Gasteiger partial charge >= 0.3 is 11.8 Å². The summed E-state index contributed by atoms with van der Waals surface area (Å²) >= 11 is 3.31. The second kappa shape index (κ2) is 6.54. The Labute approximate surface area is 131 Å². The number of hydrogen-bond acceptors (Lipinski definition) is 2. The van der Waals surface area contributed by atoms with E-state index in [9.17, 15) is 9.59 Å². The lowest BCUT2D eigenvalue weighted by Crippen LogP contribution is -2.29. The summed E-state index contributed by atoms with van der Waals surface area (Å²) in [4.78, 5) is 23.8. The zero-order valence-electron chi connectivity index (χ0n) is 11.7. The minimum Gasteiger partial charge on any atom is -0.318 e. The molecule has 0 atom stereocenters. The zero-order chi connectivity index (χ0) is 15.4. The van der Waals surface area contributed by atoms with Crippen LogP contribution in [-0.2, 0) is 9.59 Å². The van der Waals surface area contributed by atoms with Crippen LogP contribution < -0.4 is 10.6 Å². The van der Waals surface area contributed by atoms with E-state index >= 15 is 0 Å². The molecule has 0 unspecified atom stereocenters. The number of amides is 2. The van der Waals surface area contributed by atoms with E-state index in [0.717, 1.165) is 15.6 Å². The summed E-state index contributed by atoms with van der Waals surface area (Å²) in [5.74, 6) is -1.38. The molecular weight excluding hydrogens is 332 g/mol. The molecule has 5 heteroatoms. The van der Waals surface area contributed by atoms with Crippen molar-refractivity contribution in [1.82, 2.24) is 0 Å². The van der Waals surface area contributed by atoms with Gasteiger partial charge in [0.05, 0.1) is 0 Å². The Hall–Kier alpha value is -2.14. The van der Waals surface area contributed by atoms with Crippen LogP contribution in [0.1, 0.15) is 11.1 Å². The van der Waals surface area contributed by atoms with E-state index in [1.807, 2.05) is 32.0 Å². The molecule has 21 heavy (non-hydrogen) atoms. The van der Waals surface area contributed by atoms with Crippen molar-refractivity contribution in [2.45, 2.75) is 13.8 Å². The van der Waals surface area contributed by atoms with Crippen LogP contribution in [0.15, 0.2) is 46.9 Å². The van der Waals surface area contributed by atoms with Gasteiger partial charge in [-0.15, -0.1) is 0 Å². The number of aryl methyl sites for hydroxylation is 2. The molecule has 2 aromatic carbocycles. The molecule has 0 aliphatic heterocycles. The number of anilines is 2. The molecule has 4 nitrogen and oxygen atoms in total. The third-order valence-electron chi connectivity index (χ3n) is 2.95. The van der Waals surface area contributed by atoms with Crippen LogP contribution in [0.25, 0.3) is 0 Å². The van der Waals surface area contributed by atoms with Crippen molar-refractivity contribution in [3.63, 3.8) is 0 Å². The normalized spacial score (nSPS) is 10.0. The SMILES string of the molecule is Cc1ccc(C)c(NC(=O)C(=O)Nc2ccc(Br)cc2)c1. The van der Waals surface area contributed by atoms with Gasteiger partial charge in [0.25, 0.3) is 0 Å². The molecule has 2 aromatic rings. The largest absolute Gasteiger partial charge is 0.318 e. The monoisotopic (exact) mass is 346 g/mol. The van der Waals surface area contributed by atoms with E-state index in [1.54, 1.807) is 24.3 Å². The van der Waals surface area contributed by atoms with E-state index < -0.39 is 11.8 Å². The van der Waals surface area contributed by atoms with E-state index in [1.165, 1.54) is 0 Å². The van der Waals surface area contributed by atoms with Gasteiger partial charge in [0.1, 0.15) is 0 Å². The smallest absolute Gasteiger partial charge is 0.314 e. The maximum Gasteiger partial charge on any atom is 0.314 e. The molecule has 0 spiro atoms. The van der Waals surface area contributed by atoms with Gasteiger partial charge in [-0.05, 0) is 55.3 Å². The second-order valence-electron chi connectivity index (χ2n) is 4.73. The lowest BCUT2D eigenvalue weighted by molar-refractivity contribution is -0.133. The van der Waals surface area contributed by atoms with Crippen molar-refractivity contribution >= 4 is 39.1 Å². The Morgan fingerprint density at radius 2 is 1.52 bits per heavy atom. The second-order valence-corrected chi connectivity index (χ2v) is 5.65. The first-order valence-electron chi connectivity index (χ1n) is 6.41. The number of benzene rings is 2. The van der Waals surface area contributed by atoms with Crippen LogP contribution in [0.2, 0.25) is 0 Å². The Balaban J connectivity index is 2.04. The maximum absolute atomic E-state index is 11.9. The zero-order valence-corrected chi connectivity index (χ0v) is 13.3. The van der Waals surface area contributed by atoms with E-state index in [2.05, 4.69) is 26.6 Å². The Morgan fingerprint density at radius 1 is 0.905 bits per heavy atom. The van der Waals surface area contributed by atoms with Crippen LogP contribution in [0, 0.1) is 13.8 Å². The topological polar surface area (TPSA) is 58.2 Å². The highest BCUT2D eigenvalue weighted by Crippen LogP contribution is 2.17. The number of halogens is 1. The van der Waals surface area contributed by atoms with E-state index in [-0.39, 0.29) is 0 Å².